The number of imidazole rings is 1. The molecule has 10 heteroatoms. The van der Waals surface area contributed by atoms with Crippen LogP contribution in [0.15, 0.2) is 42.7 Å². The maximum atomic E-state index is 12.8. The number of amides is 1. The van der Waals surface area contributed by atoms with Crippen LogP contribution in [0.1, 0.15) is 10.4 Å². The molecule has 8 nitrogen and oxygen atoms in total. The summed E-state index contributed by atoms with van der Waals surface area (Å²) in [7, 11) is 1.54. The number of nitrogens with zero attached hydrogens (tertiary/aromatic N) is 4. The van der Waals surface area contributed by atoms with Crippen molar-refractivity contribution in [3.8, 4) is 17.4 Å². The lowest BCUT2D eigenvalue weighted by molar-refractivity contribution is 0.102. The van der Waals surface area contributed by atoms with Crippen molar-refractivity contribution in [2.24, 2.45) is 0 Å². The highest BCUT2D eigenvalue weighted by molar-refractivity contribution is 6.38. The Hall–Kier alpha value is -3.23. The van der Waals surface area contributed by atoms with Gasteiger partial charge in [-0.15, -0.1) is 0 Å². The van der Waals surface area contributed by atoms with E-state index < -0.39 is 5.91 Å². The normalized spacial score (nSPS) is 10.8. The predicted molar refractivity (Wildman–Crippen MR) is 106 cm³/mol. The lowest BCUT2D eigenvalue weighted by atomic mass is 10.1. The summed E-state index contributed by atoms with van der Waals surface area (Å²) in [5, 5.41) is 2.73. The van der Waals surface area contributed by atoms with Crippen LogP contribution < -0.4 is 10.1 Å². The van der Waals surface area contributed by atoms with E-state index in [0.717, 1.165) is 0 Å². The van der Waals surface area contributed by atoms with Gasteiger partial charge in [-0.1, -0.05) is 35.3 Å². The standard InChI is InChI=1S/C18H12Cl2N6O2/c1-28-12-7-3-6-11(23-12)17-24-10-5-2-4-9(13(10)25-17)18(27)26-14-15(19)21-8-22-16(14)20/h2-8H,1H3,(H,24,25)(H,26,27). The summed E-state index contributed by atoms with van der Waals surface area (Å²) >= 11 is 12.0. The summed E-state index contributed by atoms with van der Waals surface area (Å²) in [6, 6.07) is 10.5. The molecule has 0 spiro atoms. The number of para-hydroxylation sites is 1. The monoisotopic (exact) mass is 414 g/mol. The van der Waals surface area contributed by atoms with Crippen molar-refractivity contribution >= 4 is 45.8 Å². The molecule has 0 aliphatic carbocycles. The van der Waals surface area contributed by atoms with Gasteiger partial charge in [0.25, 0.3) is 5.91 Å². The molecule has 2 N–H and O–H groups in total. The molecule has 0 aliphatic heterocycles. The number of aromatic nitrogens is 5. The van der Waals surface area contributed by atoms with Crippen LogP contribution in [0.2, 0.25) is 10.3 Å². The fraction of sp³-hybridized carbons (Fsp3) is 0.0556. The summed E-state index contributed by atoms with van der Waals surface area (Å²) in [4.78, 5) is 32.5. The Bertz CT molecular complexity index is 1170. The SMILES string of the molecule is COc1cccc(-c2nc3c(C(=O)Nc4c(Cl)ncnc4Cl)cccc3[nH]2)n1. The van der Waals surface area contributed by atoms with E-state index in [2.05, 4.69) is 30.2 Å². The number of halogens is 2. The van der Waals surface area contributed by atoms with Crippen LogP contribution in [0.25, 0.3) is 22.6 Å². The van der Waals surface area contributed by atoms with Crippen LogP contribution in [-0.4, -0.2) is 37.9 Å². The molecule has 4 rings (SSSR count). The molecule has 0 atom stereocenters. The van der Waals surface area contributed by atoms with Crippen molar-refractivity contribution in [3.63, 3.8) is 0 Å². The van der Waals surface area contributed by atoms with Crippen LogP contribution in [0.4, 0.5) is 5.69 Å². The molecule has 0 fully saturated rings. The molecule has 140 valence electrons. The fourth-order valence-corrected chi connectivity index (χ4v) is 3.03. The minimum atomic E-state index is -0.444. The van der Waals surface area contributed by atoms with Crippen molar-refractivity contribution in [3.05, 3.63) is 58.6 Å². The lowest BCUT2D eigenvalue weighted by Crippen LogP contribution is -2.14. The molecule has 0 aliphatic rings. The van der Waals surface area contributed by atoms with Gasteiger partial charge in [-0.25, -0.2) is 19.9 Å². The van der Waals surface area contributed by atoms with Gasteiger partial charge in [0.15, 0.2) is 16.1 Å². The first-order valence-corrected chi connectivity index (χ1v) is 8.80. The number of carbonyl (C=O) groups is 1. The Morgan fingerprint density at radius 2 is 1.82 bits per heavy atom. The minimum absolute atomic E-state index is 0.0452. The molecule has 3 aromatic heterocycles. The van der Waals surface area contributed by atoms with Gasteiger partial charge in [-0.2, -0.15) is 0 Å². The molecule has 0 bridgehead atoms. The molecule has 1 amide bonds. The Morgan fingerprint density at radius 1 is 1.07 bits per heavy atom. The van der Waals surface area contributed by atoms with E-state index in [0.29, 0.717) is 34.0 Å². The third kappa shape index (κ3) is 3.35. The Labute approximate surface area is 168 Å². The molecule has 0 saturated heterocycles. The van der Waals surface area contributed by atoms with E-state index in [1.165, 1.54) is 13.4 Å². The smallest absolute Gasteiger partial charge is 0.258 e. The summed E-state index contributed by atoms with van der Waals surface area (Å²) in [5.74, 6) is 0.526. The second-order valence-corrected chi connectivity index (χ2v) is 6.35. The number of carbonyl (C=O) groups excluding carboxylic acids is 1. The van der Waals surface area contributed by atoms with E-state index in [4.69, 9.17) is 27.9 Å². The van der Waals surface area contributed by atoms with Crippen molar-refractivity contribution in [2.75, 3.05) is 12.4 Å². The molecule has 0 saturated carbocycles. The van der Waals surface area contributed by atoms with Gasteiger partial charge < -0.3 is 15.0 Å². The number of ether oxygens (including phenoxy) is 1. The fourth-order valence-electron chi connectivity index (χ4n) is 2.63. The quantitative estimate of drug-likeness (QED) is 0.489. The number of hydrogen-bond acceptors (Lipinski definition) is 6. The largest absolute Gasteiger partial charge is 0.481 e. The number of fused-ring (bicyclic) bond motifs is 1. The summed E-state index contributed by atoms with van der Waals surface area (Å²) in [6.45, 7) is 0. The third-order valence-electron chi connectivity index (χ3n) is 3.93. The Balaban J connectivity index is 1.74. The molecule has 3 heterocycles. The zero-order valence-corrected chi connectivity index (χ0v) is 15.9. The second-order valence-electron chi connectivity index (χ2n) is 5.64. The van der Waals surface area contributed by atoms with E-state index >= 15 is 0 Å². The molecular weight excluding hydrogens is 403 g/mol. The molecule has 1 aromatic carbocycles. The Kier molecular flexibility index (Phi) is 4.81. The van der Waals surface area contributed by atoms with Gasteiger partial charge in [-0.3, -0.25) is 4.79 Å². The summed E-state index contributed by atoms with van der Waals surface area (Å²) in [5.41, 5.74) is 2.21. The van der Waals surface area contributed by atoms with Crippen LogP contribution in [0.5, 0.6) is 5.88 Å². The second kappa shape index (κ2) is 7.41. The van der Waals surface area contributed by atoms with Gasteiger partial charge >= 0.3 is 0 Å². The van der Waals surface area contributed by atoms with Gasteiger partial charge in [0.2, 0.25) is 5.88 Å². The highest BCUT2D eigenvalue weighted by Gasteiger charge is 2.18. The van der Waals surface area contributed by atoms with Gasteiger partial charge in [0.1, 0.15) is 23.2 Å². The minimum Gasteiger partial charge on any atom is -0.481 e. The van der Waals surface area contributed by atoms with Gasteiger partial charge in [-0.05, 0) is 18.2 Å². The first-order valence-electron chi connectivity index (χ1n) is 8.04. The average molecular weight is 415 g/mol. The first kappa shape index (κ1) is 18.1. The topological polar surface area (TPSA) is 106 Å². The van der Waals surface area contributed by atoms with Crippen LogP contribution in [-0.2, 0) is 0 Å². The lowest BCUT2D eigenvalue weighted by Gasteiger charge is -2.07. The highest BCUT2D eigenvalue weighted by Crippen LogP contribution is 2.28. The number of benzene rings is 1. The van der Waals surface area contributed by atoms with Crippen molar-refractivity contribution in [2.45, 2.75) is 0 Å². The molecule has 0 unspecified atom stereocenters. The molecule has 0 radical (unpaired) electrons. The van der Waals surface area contributed by atoms with E-state index in [1.807, 2.05) is 6.07 Å². The van der Waals surface area contributed by atoms with Crippen molar-refractivity contribution in [1.82, 2.24) is 24.9 Å². The van der Waals surface area contributed by atoms with Crippen molar-refractivity contribution in [1.29, 1.82) is 0 Å². The van der Waals surface area contributed by atoms with Crippen LogP contribution >= 0.6 is 23.2 Å². The average Bonchev–Trinajstić information content (AvgIpc) is 3.15. The number of rotatable bonds is 4. The van der Waals surface area contributed by atoms with Crippen molar-refractivity contribution < 1.29 is 9.53 Å². The van der Waals surface area contributed by atoms with Crippen LogP contribution in [0, 0.1) is 0 Å². The predicted octanol–water partition coefficient (Wildman–Crippen LogP) is 3.98. The van der Waals surface area contributed by atoms with Gasteiger partial charge in [0, 0.05) is 6.07 Å². The zero-order chi connectivity index (χ0) is 19.7. The Morgan fingerprint density at radius 3 is 2.57 bits per heavy atom. The van der Waals surface area contributed by atoms with E-state index in [-0.39, 0.29) is 16.0 Å². The number of H-pyrrole nitrogens is 1. The summed E-state index contributed by atoms with van der Waals surface area (Å²) in [6.07, 6.45) is 1.21. The van der Waals surface area contributed by atoms with E-state index in [9.17, 15) is 4.79 Å². The maximum absolute atomic E-state index is 12.8. The third-order valence-corrected chi connectivity index (χ3v) is 4.50. The number of anilines is 1. The highest BCUT2D eigenvalue weighted by atomic mass is 35.5. The zero-order valence-electron chi connectivity index (χ0n) is 14.4. The summed E-state index contributed by atoms with van der Waals surface area (Å²) < 4.78 is 5.15. The number of pyridine rings is 1. The number of aromatic amines is 1. The number of methoxy groups -OCH3 is 1. The van der Waals surface area contributed by atoms with Gasteiger partial charge in [0.05, 0.1) is 18.2 Å². The number of nitrogens with one attached hydrogen (secondary N) is 2. The molecular formula is C18H12Cl2N6O2. The van der Waals surface area contributed by atoms with E-state index in [1.54, 1.807) is 30.3 Å². The number of hydrogen-bond donors (Lipinski definition) is 2. The maximum Gasteiger partial charge on any atom is 0.258 e. The first-order chi connectivity index (χ1) is 13.6. The van der Waals surface area contributed by atoms with Crippen LogP contribution in [0.3, 0.4) is 0 Å². The molecule has 28 heavy (non-hydrogen) atoms. The molecule has 4 aromatic rings.